The van der Waals surface area contributed by atoms with E-state index >= 15 is 0 Å². The minimum Gasteiger partial charge on any atom is -0.299 e. The van der Waals surface area contributed by atoms with E-state index in [9.17, 15) is 0 Å². The maximum atomic E-state index is 4.90. The van der Waals surface area contributed by atoms with Gasteiger partial charge in [-0.15, -0.1) is 11.3 Å². The minimum absolute atomic E-state index is 0.0263. The highest BCUT2D eigenvalue weighted by Crippen LogP contribution is 2.45. The van der Waals surface area contributed by atoms with E-state index in [4.69, 9.17) is 4.98 Å². The second-order valence-corrected chi connectivity index (χ2v) is 7.34. The maximum Gasteiger partial charge on any atom is 0.118 e. The van der Waals surface area contributed by atoms with Crippen LogP contribution in [-0.2, 0) is 12.0 Å². The number of thiazole rings is 1. The Bertz CT molecular complexity index is 637. The molecular weight excluding hydrogens is 264 g/mol. The van der Waals surface area contributed by atoms with E-state index in [0.717, 1.165) is 12.8 Å². The van der Waals surface area contributed by atoms with Crippen LogP contribution in [-0.4, -0.2) is 11.0 Å². The Kier molecular flexibility index (Phi) is 2.76. The summed E-state index contributed by atoms with van der Waals surface area (Å²) in [7, 11) is 0. The lowest BCUT2D eigenvalue weighted by atomic mass is 9.92. The van der Waals surface area contributed by atoms with E-state index in [2.05, 4.69) is 43.4 Å². The minimum atomic E-state index is -0.0263. The molecule has 2 aliphatic rings. The van der Waals surface area contributed by atoms with Crippen LogP contribution in [0.2, 0.25) is 0 Å². The van der Waals surface area contributed by atoms with Gasteiger partial charge in [0.2, 0.25) is 0 Å². The van der Waals surface area contributed by atoms with Crippen molar-refractivity contribution in [2.75, 3.05) is 0 Å². The summed E-state index contributed by atoms with van der Waals surface area (Å²) in [5, 5.41) is 5.20. The summed E-state index contributed by atoms with van der Waals surface area (Å²) in [6.45, 7) is 4.31. The number of nitrogens with zero attached hydrogens (tertiary/aromatic N) is 1. The van der Waals surface area contributed by atoms with Gasteiger partial charge in [-0.1, -0.05) is 24.3 Å². The molecule has 1 atom stereocenters. The molecule has 2 nitrogen and oxygen atoms in total. The van der Waals surface area contributed by atoms with Crippen LogP contribution in [0.5, 0.6) is 0 Å². The van der Waals surface area contributed by atoms with Gasteiger partial charge in [0, 0.05) is 10.9 Å². The van der Waals surface area contributed by atoms with Crippen LogP contribution in [0, 0.1) is 13.8 Å². The molecular formula is C17H20N2S. The van der Waals surface area contributed by atoms with Gasteiger partial charge in [-0.25, -0.2) is 4.98 Å². The van der Waals surface area contributed by atoms with E-state index in [0.29, 0.717) is 6.04 Å². The van der Waals surface area contributed by atoms with Crippen molar-refractivity contribution in [3.8, 4) is 0 Å². The fraction of sp³-hybridized carbons (Fsp3) is 0.471. The zero-order valence-corrected chi connectivity index (χ0v) is 12.9. The second-order valence-electron chi connectivity index (χ2n) is 6.14. The first kappa shape index (κ1) is 12.5. The molecule has 0 spiro atoms. The molecule has 0 aliphatic heterocycles. The summed E-state index contributed by atoms with van der Waals surface area (Å²) in [5.74, 6) is 0. The molecule has 1 unspecified atom stereocenters. The number of hydrogen-bond donors (Lipinski definition) is 1. The van der Waals surface area contributed by atoms with Crippen LogP contribution in [0.15, 0.2) is 24.3 Å². The third kappa shape index (κ3) is 1.84. The summed E-state index contributed by atoms with van der Waals surface area (Å²) in [4.78, 5) is 6.25. The van der Waals surface area contributed by atoms with Gasteiger partial charge >= 0.3 is 0 Å². The topological polar surface area (TPSA) is 24.9 Å². The first-order valence-corrected chi connectivity index (χ1v) is 8.31. The van der Waals surface area contributed by atoms with Crippen LogP contribution < -0.4 is 5.32 Å². The van der Waals surface area contributed by atoms with Crippen LogP contribution in [0.4, 0.5) is 0 Å². The average molecular weight is 284 g/mol. The Morgan fingerprint density at radius 3 is 2.75 bits per heavy atom. The van der Waals surface area contributed by atoms with E-state index in [1.807, 2.05) is 11.3 Å². The first-order chi connectivity index (χ1) is 9.69. The third-order valence-corrected chi connectivity index (χ3v) is 5.90. The number of hydrogen-bond acceptors (Lipinski definition) is 3. The van der Waals surface area contributed by atoms with E-state index in [1.54, 1.807) is 0 Å². The number of nitrogens with one attached hydrogen (secondary N) is 1. The van der Waals surface area contributed by atoms with Crippen molar-refractivity contribution in [3.63, 3.8) is 0 Å². The first-order valence-electron chi connectivity index (χ1n) is 7.50. The molecule has 0 bridgehead atoms. The standard InChI is InChI=1S/C17H20N2S/c1-11-12(2)20-16(18-11)17(19-14-7-8-14)10-9-13-5-3-4-6-15(13)17/h3-6,14,19H,7-10H2,1-2H3. The summed E-state index contributed by atoms with van der Waals surface area (Å²) in [6.07, 6.45) is 4.93. The predicted molar refractivity (Wildman–Crippen MR) is 83.3 cm³/mol. The molecule has 0 saturated heterocycles. The van der Waals surface area contributed by atoms with Crippen LogP contribution in [0.3, 0.4) is 0 Å². The lowest BCUT2D eigenvalue weighted by Gasteiger charge is -2.30. The fourth-order valence-corrected chi connectivity index (χ4v) is 4.39. The van der Waals surface area contributed by atoms with Gasteiger partial charge in [-0.3, -0.25) is 5.32 Å². The predicted octanol–water partition coefficient (Wildman–Crippen LogP) is 3.70. The van der Waals surface area contributed by atoms with Gasteiger partial charge in [0.05, 0.1) is 11.2 Å². The molecule has 3 heteroatoms. The number of aryl methyl sites for hydroxylation is 3. The zero-order chi connectivity index (χ0) is 13.7. The van der Waals surface area contributed by atoms with Gasteiger partial charge in [-0.2, -0.15) is 0 Å². The highest BCUT2D eigenvalue weighted by molar-refractivity contribution is 7.11. The molecule has 1 aromatic heterocycles. The quantitative estimate of drug-likeness (QED) is 0.929. The smallest absolute Gasteiger partial charge is 0.118 e. The molecule has 104 valence electrons. The lowest BCUT2D eigenvalue weighted by Crippen LogP contribution is -2.43. The Hall–Kier alpha value is -1.19. The van der Waals surface area contributed by atoms with Gasteiger partial charge in [0.15, 0.2) is 0 Å². The number of benzene rings is 1. The van der Waals surface area contributed by atoms with Crippen LogP contribution in [0.25, 0.3) is 0 Å². The molecule has 2 aromatic rings. The van der Waals surface area contributed by atoms with Crippen molar-refractivity contribution in [2.45, 2.75) is 51.1 Å². The summed E-state index contributed by atoms with van der Waals surface area (Å²) in [5.41, 5.74) is 4.11. The SMILES string of the molecule is Cc1nc(C2(NC3CC3)CCc3ccccc32)sc1C. The van der Waals surface area contributed by atoms with Crippen molar-refractivity contribution in [1.82, 2.24) is 10.3 Å². The molecule has 1 aromatic carbocycles. The van der Waals surface area contributed by atoms with Crippen molar-refractivity contribution >= 4 is 11.3 Å². The summed E-state index contributed by atoms with van der Waals surface area (Å²) < 4.78 is 0. The third-order valence-electron chi connectivity index (χ3n) is 4.67. The molecule has 1 heterocycles. The van der Waals surface area contributed by atoms with Gasteiger partial charge < -0.3 is 0 Å². The second kappa shape index (κ2) is 4.40. The fourth-order valence-electron chi connectivity index (χ4n) is 3.28. The molecule has 0 radical (unpaired) electrons. The highest BCUT2D eigenvalue weighted by atomic mass is 32.1. The zero-order valence-electron chi connectivity index (χ0n) is 12.1. The van der Waals surface area contributed by atoms with E-state index < -0.39 is 0 Å². The number of aromatic nitrogens is 1. The van der Waals surface area contributed by atoms with Crippen molar-refractivity contribution < 1.29 is 0 Å². The average Bonchev–Trinajstić information content (AvgIpc) is 3.09. The van der Waals surface area contributed by atoms with Gasteiger partial charge in [-0.05, 0) is 50.7 Å². The Morgan fingerprint density at radius 2 is 2.05 bits per heavy atom. The van der Waals surface area contributed by atoms with Crippen LogP contribution in [0.1, 0.15) is 46.0 Å². The van der Waals surface area contributed by atoms with E-state index in [-0.39, 0.29) is 5.54 Å². The monoisotopic (exact) mass is 284 g/mol. The Balaban J connectivity index is 1.86. The normalized spacial score (nSPS) is 24.9. The summed E-state index contributed by atoms with van der Waals surface area (Å²) in [6, 6.07) is 9.58. The van der Waals surface area contributed by atoms with Gasteiger partial charge in [0.1, 0.15) is 5.01 Å². The molecule has 0 amide bonds. The maximum absolute atomic E-state index is 4.90. The Morgan fingerprint density at radius 1 is 1.25 bits per heavy atom. The van der Waals surface area contributed by atoms with Crippen LogP contribution >= 0.6 is 11.3 Å². The molecule has 1 fully saturated rings. The van der Waals surface area contributed by atoms with Crippen molar-refractivity contribution in [1.29, 1.82) is 0 Å². The number of rotatable bonds is 3. The molecule has 2 aliphatic carbocycles. The van der Waals surface area contributed by atoms with Gasteiger partial charge in [0.25, 0.3) is 0 Å². The van der Waals surface area contributed by atoms with E-state index in [1.165, 1.54) is 39.5 Å². The molecule has 1 saturated carbocycles. The lowest BCUT2D eigenvalue weighted by molar-refractivity contribution is 0.392. The highest BCUT2D eigenvalue weighted by Gasteiger charge is 2.45. The largest absolute Gasteiger partial charge is 0.299 e. The van der Waals surface area contributed by atoms with Crippen molar-refractivity contribution in [2.24, 2.45) is 0 Å². The molecule has 20 heavy (non-hydrogen) atoms. The summed E-state index contributed by atoms with van der Waals surface area (Å²) >= 11 is 1.87. The van der Waals surface area contributed by atoms with Crippen molar-refractivity contribution in [3.05, 3.63) is 51.0 Å². The Labute approximate surface area is 124 Å². The number of fused-ring (bicyclic) bond motifs is 1. The molecule has 1 N–H and O–H groups in total. The molecule has 4 rings (SSSR count).